The number of carbonyl (C=O) groups excluding carboxylic acids is 1. The lowest BCUT2D eigenvalue weighted by molar-refractivity contribution is 0.0594. The highest BCUT2D eigenvalue weighted by atomic mass is 79.9. The van der Waals surface area contributed by atoms with Crippen LogP contribution in [-0.2, 0) is 26.0 Å². The first-order valence-electron chi connectivity index (χ1n) is 7.80. The second-order valence-electron chi connectivity index (χ2n) is 5.66. The number of halogens is 1. The summed E-state index contributed by atoms with van der Waals surface area (Å²) in [5, 5.41) is 0. The van der Waals surface area contributed by atoms with Crippen molar-refractivity contribution in [1.82, 2.24) is 9.29 Å². The van der Waals surface area contributed by atoms with E-state index in [-0.39, 0.29) is 30.3 Å². The van der Waals surface area contributed by atoms with E-state index in [0.717, 1.165) is 15.6 Å². The van der Waals surface area contributed by atoms with E-state index in [1.54, 1.807) is 0 Å². The third-order valence-corrected chi connectivity index (χ3v) is 6.52. The Bertz CT molecular complexity index is 879. The molecule has 1 N–H and O–H groups in total. The van der Waals surface area contributed by atoms with E-state index in [9.17, 15) is 13.2 Å². The predicted octanol–water partition coefficient (Wildman–Crippen LogP) is 2.71. The summed E-state index contributed by atoms with van der Waals surface area (Å²) in [6.45, 7) is 2.58. The third kappa shape index (κ3) is 4.73. The van der Waals surface area contributed by atoms with Gasteiger partial charge in [0, 0.05) is 30.9 Å². The second kappa shape index (κ2) is 8.81. The van der Waals surface area contributed by atoms with Gasteiger partial charge in [0.1, 0.15) is 10.6 Å². The minimum absolute atomic E-state index is 0.000167. The summed E-state index contributed by atoms with van der Waals surface area (Å²) in [4.78, 5) is 14.2. The Labute approximate surface area is 161 Å². The number of aryl methyl sites for hydroxylation is 1. The molecule has 0 unspecified atom stereocenters. The van der Waals surface area contributed by atoms with Crippen LogP contribution in [0.2, 0.25) is 0 Å². The minimum Gasteiger partial charge on any atom is -0.464 e. The second-order valence-corrected chi connectivity index (χ2v) is 8.45. The van der Waals surface area contributed by atoms with Crippen LogP contribution in [0.1, 0.15) is 21.6 Å². The van der Waals surface area contributed by atoms with E-state index >= 15 is 0 Å². The number of sulfonamides is 1. The molecule has 1 heterocycles. The molecule has 0 atom stereocenters. The number of benzene rings is 1. The molecule has 0 spiro atoms. The molecule has 7 nitrogen and oxygen atoms in total. The van der Waals surface area contributed by atoms with Gasteiger partial charge in [-0.2, -0.15) is 4.31 Å². The smallest absolute Gasteiger partial charge is 0.354 e. The van der Waals surface area contributed by atoms with Crippen molar-refractivity contribution in [3.05, 3.63) is 51.8 Å². The Morgan fingerprint density at radius 3 is 2.62 bits per heavy atom. The summed E-state index contributed by atoms with van der Waals surface area (Å²) in [6, 6.07) is 6.96. The van der Waals surface area contributed by atoms with Crippen LogP contribution >= 0.6 is 15.9 Å². The number of H-pyrrole nitrogens is 1. The van der Waals surface area contributed by atoms with Gasteiger partial charge in [0.15, 0.2) is 0 Å². The van der Waals surface area contributed by atoms with E-state index in [1.807, 2.05) is 25.1 Å². The fraction of sp³-hybridized carbons (Fsp3) is 0.353. The van der Waals surface area contributed by atoms with E-state index in [0.29, 0.717) is 0 Å². The van der Waals surface area contributed by atoms with Crippen LogP contribution < -0.4 is 0 Å². The first kappa shape index (κ1) is 20.6. The van der Waals surface area contributed by atoms with Crippen molar-refractivity contribution in [2.45, 2.75) is 18.4 Å². The Hall–Kier alpha value is -1.68. The number of methoxy groups -OCH3 is 2. The number of rotatable bonds is 8. The molecule has 0 aliphatic heterocycles. The van der Waals surface area contributed by atoms with Crippen molar-refractivity contribution in [2.75, 3.05) is 27.4 Å². The van der Waals surface area contributed by atoms with Gasteiger partial charge in [-0.3, -0.25) is 0 Å². The van der Waals surface area contributed by atoms with Crippen molar-refractivity contribution in [3.63, 3.8) is 0 Å². The van der Waals surface area contributed by atoms with Gasteiger partial charge in [0.25, 0.3) is 0 Å². The van der Waals surface area contributed by atoms with Crippen LogP contribution in [0.15, 0.2) is 39.8 Å². The predicted molar refractivity (Wildman–Crippen MR) is 100 cm³/mol. The summed E-state index contributed by atoms with van der Waals surface area (Å²) in [6.07, 6.45) is 1.28. The quantitative estimate of drug-likeness (QED) is 0.632. The normalized spacial score (nSPS) is 11.7. The van der Waals surface area contributed by atoms with Gasteiger partial charge in [-0.25, -0.2) is 13.2 Å². The lowest BCUT2D eigenvalue weighted by Gasteiger charge is -2.21. The summed E-state index contributed by atoms with van der Waals surface area (Å²) < 4.78 is 37.9. The molecular weight excluding hydrogens is 424 g/mol. The van der Waals surface area contributed by atoms with Crippen LogP contribution in [0, 0.1) is 6.92 Å². The molecule has 1 aromatic heterocycles. The summed E-state index contributed by atoms with van der Waals surface area (Å²) >= 11 is 3.46. The number of nitrogens with zero attached hydrogens (tertiary/aromatic N) is 1. The molecule has 0 amide bonds. The zero-order valence-electron chi connectivity index (χ0n) is 14.8. The van der Waals surface area contributed by atoms with E-state index in [4.69, 9.17) is 4.74 Å². The standard InChI is InChI=1S/C17H21BrN2O5S/c1-12-4-5-13(8-15(12)18)11-20(6-7-24-2)26(22,23)14-9-16(19-10-14)17(21)25-3/h4-5,8-10,19H,6-7,11H2,1-3H3. The SMILES string of the molecule is COCCN(Cc1ccc(C)c(Br)c1)S(=O)(=O)c1c[nH]c(C(=O)OC)c1. The van der Waals surface area contributed by atoms with Crippen LogP contribution in [0.3, 0.4) is 0 Å². The summed E-state index contributed by atoms with van der Waals surface area (Å²) in [5.41, 5.74) is 1.98. The molecule has 26 heavy (non-hydrogen) atoms. The van der Waals surface area contributed by atoms with E-state index in [2.05, 4.69) is 25.7 Å². The van der Waals surface area contributed by atoms with Gasteiger partial charge in [-0.05, 0) is 30.2 Å². The van der Waals surface area contributed by atoms with Gasteiger partial charge >= 0.3 is 5.97 Å². The lowest BCUT2D eigenvalue weighted by atomic mass is 10.1. The largest absolute Gasteiger partial charge is 0.464 e. The summed E-state index contributed by atoms with van der Waals surface area (Å²) in [7, 11) is -1.07. The first-order chi connectivity index (χ1) is 12.3. The number of aromatic amines is 1. The van der Waals surface area contributed by atoms with Crippen molar-refractivity contribution in [3.8, 4) is 0 Å². The fourth-order valence-electron chi connectivity index (χ4n) is 2.32. The average Bonchev–Trinajstić information content (AvgIpc) is 3.11. The Balaban J connectivity index is 2.32. The molecule has 0 aliphatic rings. The van der Waals surface area contributed by atoms with Crippen LogP contribution in [-0.4, -0.2) is 51.0 Å². The van der Waals surface area contributed by atoms with E-state index in [1.165, 1.54) is 30.8 Å². The number of ether oxygens (including phenoxy) is 2. The molecule has 0 fully saturated rings. The molecule has 0 bridgehead atoms. The number of esters is 1. The Kier molecular flexibility index (Phi) is 6.99. The van der Waals surface area contributed by atoms with Gasteiger partial charge in [-0.15, -0.1) is 0 Å². The maximum atomic E-state index is 13.0. The highest BCUT2D eigenvalue weighted by molar-refractivity contribution is 9.10. The summed E-state index contributed by atoms with van der Waals surface area (Å²) in [5.74, 6) is -0.627. The fourth-order valence-corrected chi connectivity index (χ4v) is 4.15. The number of carbonyl (C=O) groups is 1. The van der Waals surface area contributed by atoms with Gasteiger partial charge in [0.05, 0.1) is 13.7 Å². The van der Waals surface area contributed by atoms with Gasteiger partial charge in [0.2, 0.25) is 10.0 Å². The number of nitrogens with one attached hydrogen (secondary N) is 1. The molecule has 0 saturated heterocycles. The number of aromatic nitrogens is 1. The molecule has 9 heteroatoms. The molecule has 2 aromatic rings. The zero-order valence-corrected chi connectivity index (χ0v) is 17.2. The zero-order chi connectivity index (χ0) is 19.3. The van der Waals surface area contributed by atoms with Gasteiger partial charge in [-0.1, -0.05) is 28.1 Å². The molecule has 2 rings (SSSR count). The number of hydrogen-bond donors (Lipinski definition) is 1. The van der Waals surface area contributed by atoms with Gasteiger partial charge < -0.3 is 14.5 Å². The van der Waals surface area contributed by atoms with Crippen molar-refractivity contribution in [1.29, 1.82) is 0 Å². The minimum atomic E-state index is -3.82. The third-order valence-electron chi connectivity index (χ3n) is 3.84. The topological polar surface area (TPSA) is 88.7 Å². The lowest BCUT2D eigenvalue weighted by Crippen LogP contribution is -2.33. The molecular formula is C17H21BrN2O5S. The first-order valence-corrected chi connectivity index (χ1v) is 10.0. The average molecular weight is 445 g/mol. The van der Waals surface area contributed by atoms with Crippen LogP contribution in [0.25, 0.3) is 0 Å². The maximum absolute atomic E-state index is 13.0. The molecule has 142 valence electrons. The van der Waals surface area contributed by atoms with E-state index < -0.39 is 16.0 Å². The monoisotopic (exact) mass is 444 g/mol. The molecule has 0 radical (unpaired) electrons. The van der Waals surface area contributed by atoms with Crippen LogP contribution in [0.4, 0.5) is 0 Å². The molecule has 1 aromatic carbocycles. The Morgan fingerprint density at radius 2 is 2.00 bits per heavy atom. The number of hydrogen-bond acceptors (Lipinski definition) is 5. The van der Waals surface area contributed by atoms with Crippen molar-refractivity contribution >= 4 is 31.9 Å². The van der Waals surface area contributed by atoms with Crippen molar-refractivity contribution in [2.24, 2.45) is 0 Å². The molecule has 0 aliphatic carbocycles. The molecule has 0 saturated carbocycles. The highest BCUT2D eigenvalue weighted by Crippen LogP contribution is 2.22. The van der Waals surface area contributed by atoms with Crippen LogP contribution in [0.5, 0.6) is 0 Å². The Morgan fingerprint density at radius 1 is 1.27 bits per heavy atom. The maximum Gasteiger partial charge on any atom is 0.354 e. The van der Waals surface area contributed by atoms with Crippen molar-refractivity contribution < 1.29 is 22.7 Å². The highest BCUT2D eigenvalue weighted by Gasteiger charge is 2.27.